The topological polar surface area (TPSA) is 29.1 Å². The van der Waals surface area contributed by atoms with Crippen LogP contribution in [0.4, 0.5) is 5.69 Å². The number of hydrogen-bond acceptors (Lipinski definition) is 1. The molecule has 0 aliphatic heterocycles. The minimum atomic E-state index is 0.226. The van der Waals surface area contributed by atoms with Gasteiger partial charge in [-0.2, -0.15) is 0 Å². The van der Waals surface area contributed by atoms with Gasteiger partial charge in [0.15, 0.2) is 0 Å². The summed E-state index contributed by atoms with van der Waals surface area (Å²) in [6, 6.07) is 7.36. The molecule has 0 heterocycles. The predicted molar refractivity (Wildman–Crippen MR) is 71.4 cm³/mol. The quantitative estimate of drug-likeness (QED) is 0.866. The minimum Gasteiger partial charge on any atom is -0.326 e. The van der Waals surface area contributed by atoms with E-state index in [1.807, 2.05) is 24.3 Å². The van der Waals surface area contributed by atoms with Gasteiger partial charge in [0.05, 0.1) is 0 Å². The molecule has 3 aliphatic carbocycles. The first-order valence-corrected chi connectivity index (χ1v) is 7.18. The Hall–Kier alpha value is -1.02. The number of carbonyl (C=O) groups excluding carboxylic acids is 1. The fourth-order valence-electron chi connectivity index (χ4n) is 4.43. The fourth-order valence-corrected chi connectivity index (χ4v) is 4.56. The molecule has 1 amide bonds. The Bertz CT molecular complexity index is 482. The molecule has 0 unspecified atom stereocenters. The number of halogens is 1. The number of anilines is 1. The van der Waals surface area contributed by atoms with Gasteiger partial charge in [0.1, 0.15) is 0 Å². The Kier molecular flexibility index (Phi) is 2.25. The highest BCUT2D eigenvalue weighted by atomic mass is 35.5. The van der Waals surface area contributed by atoms with Crippen LogP contribution in [0.25, 0.3) is 0 Å². The first-order valence-electron chi connectivity index (χ1n) is 6.80. The fraction of sp³-hybridized carbons (Fsp3) is 0.533. The minimum absolute atomic E-state index is 0.226. The molecule has 0 aromatic heterocycles. The standard InChI is InChI=1S/C15H16ClNO/c16-10-3-5-11(6-4-10)17-15(18)14-12-8-1-2-9(7-8)13(12)14/h3-6,8-9,12-14H,1-2,7H2,(H,17,18)/t8-,9-,12-,13-/m1/s1. The maximum Gasteiger partial charge on any atom is 0.228 e. The Labute approximate surface area is 112 Å². The molecular formula is C15H16ClNO. The molecule has 4 atom stereocenters. The summed E-state index contributed by atoms with van der Waals surface area (Å²) in [6.45, 7) is 0. The molecule has 1 aromatic rings. The van der Waals surface area contributed by atoms with Crippen LogP contribution in [0.1, 0.15) is 19.3 Å². The summed E-state index contributed by atoms with van der Waals surface area (Å²) >= 11 is 5.83. The van der Waals surface area contributed by atoms with Gasteiger partial charge in [-0.25, -0.2) is 0 Å². The van der Waals surface area contributed by atoms with Crippen LogP contribution in [-0.4, -0.2) is 5.91 Å². The number of nitrogens with one attached hydrogen (secondary N) is 1. The second-order valence-electron chi connectivity index (χ2n) is 6.01. The van der Waals surface area contributed by atoms with Gasteiger partial charge >= 0.3 is 0 Å². The van der Waals surface area contributed by atoms with Crippen molar-refractivity contribution in [3.05, 3.63) is 29.3 Å². The number of benzene rings is 1. The summed E-state index contributed by atoms with van der Waals surface area (Å²) in [5.74, 6) is 3.63. The van der Waals surface area contributed by atoms with Crippen LogP contribution >= 0.6 is 11.6 Å². The van der Waals surface area contributed by atoms with Crippen LogP contribution < -0.4 is 5.32 Å². The number of hydrogen-bond donors (Lipinski definition) is 1. The zero-order chi connectivity index (χ0) is 12.3. The van der Waals surface area contributed by atoms with Crippen LogP contribution in [0.15, 0.2) is 24.3 Å². The van der Waals surface area contributed by atoms with Crippen LogP contribution in [0.5, 0.6) is 0 Å². The molecule has 3 fully saturated rings. The van der Waals surface area contributed by atoms with Crippen LogP contribution in [0.2, 0.25) is 5.02 Å². The molecule has 94 valence electrons. The molecule has 0 radical (unpaired) electrons. The Morgan fingerprint density at radius 3 is 2.33 bits per heavy atom. The van der Waals surface area contributed by atoms with Crippen molar-refractivity contribution < 1.29 is 4.79 Å². The summed E-state index contributed by atoms with van der Waals surface area (Å²) in [6.07, 6.45) is 4.10. The average molecular weight is 262 g/mol. The molecule has 4 rings (SSSR count). The molecule has 2 bridgehead atoms. The van der Waals surface area contributed by atoms with E-state index in [-0.39, 0.29) is 5.91 Å². The first kappa shape index (κ1) is 10.9. The summed E-state index contributed by atoms with van der Waals surface area (Å²) < 4.78 is 0. The van der Waals surface area contributed by atoms with Gasteiger partial charge in [0, 0.05) is 16.6 Å². The monoisotopic (exact) mass is 261 g/mol. The number of rotatable bonds is 2. The second-order valence-corrected chi connectivity index (χ2v) is 6.45. The second kappa shape index (κ2) is 3.74. The zero-order valence-corrected chi connectivity index (χ0v) is 10.9. The molecule has 3 saturated carbocycles. The molecule has 0 saturated heterocycles. The Morgan fingerprint density at radius 1 is 1.11 bits per heavy atom. The predicted octanol–water partition coefficient (Wildman–Crippen LogP) is 3.57. The first-order chi connectivity index (χ1) is 8.74. The van der Waals surface area contributed by atoms with E-state index in [0.29, 0.717) is 22.8 Å². The highest BCUT2D eigenvalue weighted by Crippen LogP contribution is 2.69. The lowest BCUT2D eigenvalue weighted by molar-refractivity contribution is -0.118. The number of amides is 1. The Balaban J connectivity index is 1.45. The SMILES string of the molecule is O=C(Nc1ccc(Cl)cc1)C1[C@@H]2[C@@H]3CC[C@H](C3)[C@@H]12. The van der Waals surface area contributed by atoms with Crippen molar-refractivity contribution in [2.24, 2.45) is 29.6 Å². The van der Waals surface area contributed by atoms with Crippen LogP contribution in [0, 0.1) is 29.6 Å². The lowest BCUT2D eigenvalue weighted by atomic mass is 10.0. The molecule has 3 heteroatoms. The largest absolute Gasteiger partial charge is 0.326 e. The van der Waals surface area contributed by atoms with Gasteiger partial charge in [0.2, 0.25) is 5.91 Å². The molecule has 0 spiro atoms. The van der Waals surface area contributed by atoms with E-state index < -0.39 is 0 Å². The lowest BCUT2D eigenvalue weighted by Gasteiger charge is -2.09. The van der Waals surface area contributed by atoms with Crippen molar-refractivity contribution in [1.29, 1.82) is 0 Å². The Morgan fingerprint density at radius 2 is 1.72 bits per heavy atom. The van der Waals surface area contributed by atoms with Crippen molar-refractivity contribution in [3.8, 4) is 0 Å². The van der Waals surface area contributed by atoms with E-state index in [2.05, 4.69) is 5.32 Å². The summed E-state index contributed by atoms with van der Waals surface area (Å²) in [7, 11) is 0. The van der Waals surface area contributed by atoms with Crippen LogP contribution in [-0.2, 0) is 4.79 Å². The maximum absolute atomic E-state index is 12.2. The summed E-state index contributed by atoms with van der Waals surface area (Å²) in [5.41, 5.74) is 0.863. The highest BCUT2D eigenvalue weighted by Gasteiger charge is 2.67. The van der Waals surface area contributed by atoms with E-state index in [4.69, 9.17) is 11.6 Å². The van der Waals surface area contributed by atoms with Crippen LogP contribution in [0.3, 0.4) is 0 Å². The molecule has 2 nitrogen and oxygen atoms in total. The van der Waals surface area contributed by atoms with Gasteiger partial charge in [-0.05, 0) is 67.2 Å². The summed E-state index contributed by atoms with van der Waals surface area (Å²) in [4.78, 5) is 12.2. The van der Waals surface area contributed by atoms with E-state index in [9.17, 15) is 4.79 Å². The van der Waals surface area contributed by atoms with E-state index >= 15 is 0 Å². The van der Waals surface area contributed by atoms with Crippen molar-refractivity contribution in [3.63, 3.8) is 0 Å². The van der Waals surface area contributed by atoms with E-state index in [1.54, 1.807) is 0 Å². The third-order valence-corrected chi connectivity index (χ3v) is 5.40. The van der Waals surface area contributed by atoms with E-state index in [1.165, 1.54) is 19.3 Å². The summed E-state index contributed by atoms with van der Waals surface area (Å²) in [5, 5.41) is 3.73. The van der Waals surface area contributed by atoms with Crippen molar-refractivity contribution in [2.75, 3.05) is 5.32 Å². The smallest absolute Gasteiger partial charge is 0.228 e. The van der Waals surface area contributed by atoms with E-state index in [0.717, 1.165) is 17.5 Å². The molecule has 1 N–H and O–H groups in total. The van der Waals surface area contributed by atoms with Crippen molar-refractivity contribution >= 4 is 23.2 Å². The molecule has 18 heavy (non-hydrogen) atoms. The van der Waals surface area contributed by atoms with Gasteiger partial charge in [-0.1, -0.05) is 11.6 Å². The number of carbonyl (C=O) groups is 1. The molecule has 1 aromatic carbocycles. The normalized spacial score (nSPS) is 39.5. The number of fused-ring (bicyclic) bond motifs is 5. The van der Waals surface area contributed by atoms with Crippen molar-refractivity contribution in [1.82, 2.24) is 0 Å². The third kappa shape index (κ3) is 1.51. The van der Waals surface area contributed by atoms with Gasteiger partial charge in [-0.15, -0.1) is 0 Å². The maximum atomic E-state index is 12.2. The molecular weight excluding hydrogens is 246 g/mol. The average Bonchev–Trinajstić information content (AvgIpc) is 2.82. The lowest BCUT2D eigenvalue weighted by Crippen LogP contribution is -2.18. The van der Waals surface area contributed by atoms with Gasteiger partial charge in [-0.3, -0.25) is 4.79 Å². The molecule has 3 aliphatic rings. The van der Waals surface area contributed by atoms with Gasteiger partial charge in [0.25, 0.3) is 0 Å². The van der Waals surface area contributed by atoms with Gasteiger partial charge < -0.3 is 5.32 Å². The zero-order valence-electron chi connectivity index (χ0n) is 10.1. The third-order valence-electron chi connectivity index (χ3n) is 5.15. The van der Waals surface area contributed by atoms with Crippen molar-refractivity contribution in [2.45, 2.75) is 19.3 Å². The highest BCUT2D eigenvalue weighted by molar-refractivity contribution is 6.30.